The molecule has 1 saturated carbocycles. The fraction of sp³-hybridized carbons (Fsp3) is 0.600. The van der Waals surface area contributed by atoms with Crippen LogP contribution in [0.3, 0.4) is 0 Å². The van der Waals surface area contributed by atoms with Gasteiger partial charge in [0.1, 0.15) is 6.10 Å². The average molecular weight is 508 g/mol. The number of azide groups is 1. The Hall–Kier alpha value is -1.74. The van der Waals surface area contributed by atoms with Crippen LogP contribution in [0.5, 0.6) is 0 Å². The molecular formula is C20H25Cl3N4O5. The smallest absolute Gasteiger partial charge is 0.338 e. The molecule has 3 unspecified atom stereocenters. The van der Waals surface area contributed by atoms with Crippen LogP contribution in [0.1, 0.15) is 37.0 Å². The highest BCUT2D eigenvalue weighted by Gasteiger charge is 2.55. The number of unbranched alkanes of at least 4 members (excludes halogenated alkanes) is 1. The number of ether oxygens (including phenoxy) is 3. The highest BCUT2D eigenvalue weighted by atomic mass is 35.6. The van der Waals surface area contributed by atoms with Crippen LogP contribution < -0.4 is 0 Å². The number of alkyl halides is 3. The van der Waals surface area contributed by atoms with Gasteiger partial charge >= 0.3 is 5.97 Å². The monoisotopic (exact) mass is 506 g/mol. The van der Waals surface area contributed by atoms with Gasteiger partial charge < -0.3 is 19.3 Å². The van der Waals surface area contributed by atoms with Gasteiger partial charge in [0.15, 0.2) is 0 Å². The van der Waals surface area contributed by atoms with Crippen LogP contribution in [0.25, 0.3) is 10.4 Å². The summed E-state index contributed by atoms with van der Waals surface area (Å²) in [4.78, 5) is 15.6. The Morgan fingerprint density at radius 3 is 2.53 bits per heavy atom. The zero-order chi connectivity index (χ0) is 23.9. The second kappa shape index (κ2) is 11.9. The highest BCUT2D eigenvalue weighted by Crippen LogP contribution is 2.42. The third-order valence-electron chi connectivity index (χ3n) is 5.22. The lowest BCUT2D eigenvalue weighted by Crippen LogP contribution is -2.43. The van der Waals surface area contributed by atoms with Gasteiger partial charge in [-0.1, -0.05) is 78.4 Å². The van der Waals surface area contributed by atoms with E-state index in [1.165, 1.54) is 0 Å². The summed E-state index contributed by atoms with van der Waals surface area (Å²) in [6.07, 6.45) is -2.00. The molecule has 1 aliphatic rings. The summed E-state index contributed by atoms with van der Waals surface area (Å²) in [5.74, 6) is -2.99. The quantitative estimate of drug-likeness (QED) is 0.0556. The number of benzene rings is 1. The van der Waals surface area contributed by atoms with Crippen molar-refractivity contribution in [1.29, 1.82) is 5.41 Å². The van der Waals surface area contributed by atoms with Crippen LogP contribution in [0.2, 0.25) is 0 Å². The Morgan fingerprint density at radius 1 is 1.31 bits per heavy atom. The minimum Gasteiger partial charge on any atom is -0.458 e. The fourth-order valence-electron chi connectivity index (χ4n) is 3.61. The summed E-state index contributed by atoms with van der Waals surface area (Å²) >= 11 is 17.0. The number of nitrogens with zero attached hydrogens (tertiary/aromatic N) is 3. The minimum atomic E-state index is -2.20. The summed E-state index contributed by atoms with van der Waals surface area (Å²) in [6.45, 7) is 4.01. The zero-order valence-corrected chi connectivity index (χ0v) is 19.8. The Morgan fingerprint density at radius 2 is 1.97 bits per heavy atom. The number of hydrogen-bond donors (Lipinski definition) is 2. The molecule has 0 amide bonds. The number of rotatable bonds is 9. The highest BCUT2D eigenvalue weighted by molar-refractivity contribution is 6.76. The van der Waals surface area contributed by atoms with Gasteiger partial charge in [0.2, 0.25) is 12.2 Å². The van der Waals surface area contributed by atoms with Crippen molar-refractivity contribution in [2.24, 2.45) is 17.0 Å². The van der Waals surface area contributed by atoms with Crippen molar-refractivity contribution in [1.82, 2.24) is 0 Å². The van der Waals surface area contributed by atoms with E-state index in [0.717, 1.165) is 12.8 Å². The Balaban J connectivity index is 2.37. The van der Waals surface area contributed by atoms with Gasteiger partial charge in [0.05, 0.1) is 23.6 Å². The van der Waals surface area contributed by atoms with E-state index in [0.29, 0.717) is 12.2 Å². The van der Waals surface area contributed by atoms with Crippen LogP contribution in [0.4, 0.5) is 0 Å². The first-order chi connectivity index (χ1) is 15.1. The molecule has 0 aliphatic heterocycles. The van der Waals surface area contributed by atoms with Crippen molar-refractivity contribution in [2.75, 3.05) is 6.61 Å². The number of halogens is 3. The first-order valence-corrected chi connectivity index (χ1v) is 11.2. The van der Waals surface area contributed by atoms with E-state index >= 15 is 0 Å². The fourth-order valence-corrected chi connectivity index (χ4v) is 3.74. The molecule has 1 aliphatic carbocycles. The molecule has 2 N–H and O–H groups in total. The van der Waals surface area contributed by atoms with Crippen LogP contribution in [-0.4, -0.2) is 51.9 Å². The van der Waals surface area contributed by atoms with Gasteiger partial charge in [-0.05, 0) is 24.1 Å². The molecule has 6 atom stereocenters. The van der Waals surface area contributed by atoms with Gasteiger partial charge in [-0.2, -0.15) is 0 Å². The predicted molar refractivity (Wildman–Crippen MR) is 121 cm³/mol. The molecule has 1 aromatic carbocycles. The molecule has 32 heavy (non-hydrogen) atoms. The maximum atomic E-state index is 12.7. The third kappa shape index (κ3) is 6.63. The molecule has 0 aromatic heterocycles. The first-order valence-electron chi connectivity index (χ1n) is 10.0. The molecule has 176 valence electrons. The summed E-state index contributed by atoms with van der Waals surface area (Å²) in [6, 6.07) is 7.53. The second-order valence-electron chi connectivity index (χ2n) is 7.39. The molecule has 1 aromatic rings. The zero-order valence-electron chi connectivity index (χ0n) is 17.5. The molecule has 2 rings (SSSR count). The lowest BCUT2D eigenvalue weighted by atomic mass is 10.00. The van der Waals surface area contributed by atoms with Crippen LogP contribution in [-0.2, 0) is 14.2 Å². The number of hydrogen-bond acceptors (Lipinski definition) is 7. The van der Waals surface area contributed by atoms with E-state index in [1.54, 1.807) is 37.3 Å². The Kier molecular flexibility index (Phi) is 9.88. The molecule has 12 heteroatoms. The standard InChI is InChI=1S/C20H25Cl3N4O5/c1-3-4-10-30-16-13(18(29)32-19(24)20(21,22)23)15(11(2)14(16)26-27-25)31-17(28)12-8-6-5-7-9-12/h5-9,11,13-16,18,24,29H,3-4,10H2,1-2H3/t11?,13?,14-,15?,16+,18-/m1/s1. The van der Waals surface area contributed by atoms with Gasteiger partial charge in [-0.3, -0.25) is 5.41 Å². The molecular weight excluding hydrogens is 483 g/mol. The van der Waals surface area contributed by atoms with E-state index in [4.69, 9.17) is 60.0 Å². The predicted octanol–water partition coefficient (Wildman–Crippen LogP) is 5.02. The molecule has 0 heterocycles. The maximum absolute atomic E-state index is 12.7. The average Bonchev–Trinajstić information content (AvgIpc) is 2.99. The topological polar surface area (TPSA) is 138 Å². The van der Waals surface area contributed by atoms with Crippen LogP contribution in [0, 0.1) is 17.2 Å². The second-order valence-corrected chi connectivity index (χ2v) is 9.67. The number of carbonyl (C=O) groups excluding carboxylic acids is 1. The first kappa shape index (κ1) is 26.5. The van der Waals surface area contributed by atoms with E-state index in [-0.39, 0.29) is 0 Å². The number of carbonyl (C=O) groups is 1. The van der Waals surface area contributed by atoms with Crippen LogP contribution >= 0.6 is 34.8 Å². The number of aliphatic hydroxyl groups is 1. The lowest BCUT2D eigenvalue weighted by molar-refractivity contribution is -0.143. The third-order valence-corrected chi connectivity index (χ3v) is 5.74. The largest absolute Gasteiger partial charge is 0.458 e. The van der Waals surface area contributed by atoms with Gasteiger partial charge in [0.25, 0.3) is 3.79 Å². The van der Waals surface area contributed by atoms with E-state index in [2.05, 4.69) is 10.0 Å². The van der Waals surface area contributed by atoms with E-state index in [1.807, 2.05) is 6.92 Å². The van der Waals surface area contributed by atoms with Gasteiger partial charge in [-0.25, -0.2) is 4.79 Å². The van der Waals surface area contributed by atoms with E-state index < -0.39 is 52.0 Å². The molecule has 0 spiro atoms. The van der Waals surface area contributed by atoms with Crippen molar-refractivity contribution >= 4 is 46.7 Å². The summed E-state index contributed by atoms with van der Waals surface area (Å²) in [5, 5.41) is 22.4. The summed E-state index contributed by atoms with van der Waals surface area (Å²) in [5.41, 5.74) is 9.38. The van der Waals surface area contributed by atoms with Gasteiger partial charge in [-0.15, -0.1) is 0 Å². The van der Waals surface area contributed by atoms with E-state index in [9.17, 15) is 9.90 Å². The van der Waals surface area contributed by atoms with Crippen LogP contribution in [0.15, 0.2) is 35.4 Å². The maximum Gasteiger partial charge on any atom is 0.338 e. The summed E-state index contributed by atoms with van der Waals surface area (Å²) in [7, 11) is 0. The summed E-state index contributed by atoms with van der Waals surface area (Å²) < 4.78 is 14.6. The molecule has 0 bridgehead atoms. The Bertz CT molecular complexity index is 832. The van der Waals surface area contributed by atoms with Crippen molar-refractivity contribution in [3.63, 3.8) is 0 Å². The van der Waals surface area contributed by atoms with Crippen molar-refractivity contribution in [3.8, 4) is 0 Å². The van der Waals surface area contributed by atoms with Gasteiger partial charge in [0, 0.05) is 17.4 Å². The number of esters is 1. The normalized spacial score (nSPS) is 26.1. The molecule has 0 radical (unpaired) electrons. The SMILES string of the molecule is CCCCO[C@H]1C([C@H](O)OC(=N)C(Cl)(Cl)Cl)C(OC(=O)c2ccccc2)C(C)[C@H]1N=[N+]=[N-]. The number of aliphatic hydroxyl groups excluding tert-OH is 1. The molecule has 9 nitrogen and oxygen atoms in total. The number of nitrogens with one attached hydrogen (secondary N) is 1. The van der Waals surface area contributed by atoms with Crippen molar-refractivity contribution < 1.29 is 24.1 Å². The van der Waals surface area contributed by atoms with Crippen molar-refractivity contribution in [3.05, 3.63) is 46.3 Å². The minimum absolute atomic E-state index is 0.304. The lowest BCUT2D eigenvalue weighted by Gasteiger charge is -2.31. The molecule has 0 saturated heterocycles. The molecule has 1 fully saturated rings. The Labute approximate surface area is 201 Å². The van der Waals surface area contributed by atoms with Crippen molar-refractivity contribution in [2.45, 2.75) is 55.0 Å².